The normalized spacial score (nSPS) is 18.6. The molecule has 1 aliphatic rings. The average molecular weight is 343 g/mol. The van der Waals surface area contributed by atoms with Crippen LogP contribution in [0.5, 0.6) is 0 Å². The molecule has 3 nitrogen and oxygen atoms in total. The van der Waals surface area contributed by atoms with Gasteiger partial charge in [-0.25, -0.2) is 0 Å². The van der Waals surface area contributed by atoms with Crippen molar-refractivity contribution in [3.8, 4) is 0 Å². The minimum absolute atomic E-state index is 0.0760. The maximum absolute atomic E-state index is 12.6. The predicted octanol–water partition coefficient (Wildman–Crippen LogP) is 3.73. The molecule has 1 heterocycles. The third-order valence-corrected chi connectivity index (χ3v) is 4.89. The highest BCUT2D eigenvalue weighted by Crippen LogP contribution is 2.16. The van der Waals surface area contributed by atoms with Crippen molar-refractivity contribution < 1.29 is 4.79 Å². The van der Waals surface area contributed by atoms with Crippen LogP contribution in [-0.2, 0) is 6.42 Å². The maximum Gasteiger partial charge on any atom is 0.254 e. The molecule has 0 radical (unpaired) electrons. The Kier molecular flexibility index (Phi) is 5.54. The Morgan fingerprint density at radius 1 is 1.12 bits per heavy atom. The number of amides is 1. The summed E-state index contributed by atoms with van der Waals surface area (Å²) in [4.78, 5) is 17.0. The largest absolute Gasteiger partial charge is 0.336 e. The van der Waals surface area contributed by atoms with Crippen LogP contribution in [0.4, 0.5) is 0 Å². The highest BCUT2D eigenvalue weighted by molar-refractivity contribution is 6.30. The fourth-order valence-corrected chi connectivity index (χ4v) is 3.42. The van der Waals surface area contributed by atoms with Crippen LogP contribution in [0.1, 0.15) is 22.8 Å². The fraction of sp³-hybridized carbons (Fsp3) is 0.350. The number of rotatable bonds is 4. The van der Waals surface area contributed by atoms with Crippen molar-refractivity contribution in [2.45, 2.75) is 19.4 Å². The molecule has 0 saturated carbocycles. The van der Waals surface area contributed by atoms with Crippen LogP contribution >= 0.6 is 11.6 Å². The van der Waals surface area contributed by atoms with Crippen molar-refractivity contribution in [2.75, 3.05) is 26.2 Å². The van der Waals surface area contributed by atoms with E-state index in [-0.39, 0.29) is 5.91 Å². The maximum atomic E-state index is 12.6. The zero-order valence-corrected chi connectivity index (χ0v) is 14.7. The Bertz CT molecular complexity index is 689. The lowest BCUT2D eigenvalue weighted by Gasteiger charge is -2.40. The summed E-state index contributed by atoms with van der Waals surface area (Å²) in [5.41, 5.74) is 2.04. The first-order valence-electron chi connectivity index (χ1n) is 8.46. The zero-order chi connectivity index (χ0) is 16.9. The molecule has 126 valence electrons. The first-order chi connectivity index (χ1) is 11.6. The van der Waals surface area contributed by atoms with Crippen LogP contribution in [0, 0.1) is 0 Å². The van der Waals surface area contributed by atoms with Gasteiger partial charge in [0, 0.05) is 42.8 Å². The molecule has 1 amide bonds. The third-order valence-electron chi connectivity index (χ3n) is 4.65. The van der Waals surface area contributed by atoms with Gasteiger partial charge in [0.15, 0.2) is 0 Å². The van der Waals surface area contributed by atoms with Gasteiger partial charge in [-0.1, -0.05) is 48.0 Å². The first-order valence-corrected chi connectivity index (χ1v) is 8.84. The summed E-state index contributed by atoms with van der Waals surface area (Å²) in [5.74, 6) is 0.0760. The number of carbonyl (C=O) groups is 1. The number of carbonyl (C=O) groups excluding carboxylic acids is 1. The van der Waals surface area contributed by atoms with E-state index in [9.17, 15) is 4.79 Å². The lowest BCUT2D eigenvalue weighted by molar-refractivity contribution is 0.0518. The standard InChI is InChI=1S/C20H23ClN2O/c1-16-15-23(20(24)18-8-5-9-19(21)14-18)13-12-22(16)11-10-17-6-3-2-4-7-17/h2-9,14,16H,10-13,15H2,1H3. The Hall–Kier alpha value is -1.84. The summed E-state index contributed by atoms with van der Waals surface area (Å²) >= 11 is 6.00. The molecule has 0 spiro atoms. The summed E-state index contributed by atoms with van der Waals surface area (Å²) in [5, 5.41) is 0.607. The summed E-state index contributed by atoms with van der Waals surface area (Å²) in [7, 11) is 0. The van der Waals surface area contributed by atoms with E-state index in [2.05, 4.69) is 36.1 Å². The molecule has 3 rings (SSSR count). The molecule has 0 aliphatic carbocycles. The lowest BCUT2D eigenvalue weighted by atomic mass is 10.1. The van der Waals surface area contributed by atoms with Crippen LogP contribution in [0.2, 0.25) is 5.02 Å². The van der Waals surface area contributed by atoms with Crippen LogP contribution in [0.3, 0.4) is 0 Å². The number of piperazine rings is 1. The lowest BCUT2D eigenvalue weighted by Crippen LogP contribution is -2.54. The molecule has 24 heavy (non-hydrogen) atoms. The molecule has 0 N–H and O–H groups in total. The second kappa shape index (κ2) is 7.82. The van der Waals surface area contributed by atoms with E-state index in [0.717, 1.165) is 32.6 Å². The van der Waals surface area contributed by atoms with Crippen molar-refractivity contribution >= 4 is 17.5 Å². The summed E-state index contributed by atoms with van der Waals surface area (Å²) in [6.07, 6.45) is 1.05. The summed E-state index contributed by atoms with van der Waals surface area (Å²) in [6.45, 7) is 5.68. The number of benzene rings is 2. The fourth-order valence-electron chi connectivity index (χ4n) is 3.23. The van der Waals surface area contributed by atoms with Gasteiger partial charge in [0.05, 0.1) is 0 Å². The van der Waals surface area contributed by atoms with Crippen LogP contribution in [-0.4, -0.2) is 47.9 Å². The van der Waals surface area contributed by atoms with E-state index in [1.165, 1.54) is 5.56 Å². The smallest absolute Gasteiger partial charge is 0.254 e. The van der Waals surface area contributed by atoms with Gasteiger partial charge >= 0.3 is 0 Å². The van der Waals surface area contributed by atoms with Crippen LogP contribution in [0.25, 0.3) is 0 Å². The molecular formula is C20H23ClN2O. The molecule has 1 unspecified atom stereocenters. The second-order valence-corrected chi connectivity index (χ2v) is 6.82. The van der Waals surface area contributed by atoms with E-state index < -0.39 is 0 Å². The van der Waals surface area contributed by atoms with E-state index >= 15 is 0 Å². The molecule has 0 aromatic heterocycles. The van der Waals surface area contributed by atoms with Gasteiger partial charge in [0.2, 0.25) is 0 Å². The highest BCUT2D eigenvalue weighted by Gasteiger charge is 2.27. The van der Waals surface area contributed by atoms with Crippen molar-refractivity contribution in [1.29, 1.82) is 0 Å². The van der Waals surface area contributed by atoms with Crippen molar-refractivity contribution in [2.24, 2.45) is 0 Å². The minimum atomic E-state index is 0.0760. The van der Waals surface area contributed by atoms with E-state index in [1.54, 1.807) is 12.1 Å². The Labute approximate surface area is 148 Å². The molecule has 1 saturated heterocycles. The van der Waals surface area contributed by atoms with Crippen LogP contribution in [0.15, 0.2) is 54.6 Å². The van der Waals surface area contributed by atoms with Gasteiger partial charge in [-0.3, -0.25) is 9.69 Å². The van der Waals surface area contributed by atoms with Gasteiger partial charge < -0.3 is 4.90 Å². The van der Waals surface area contributed by atoms with Crippen LogP contribution < -0.4 is 0 Å². The zero-order valence-electron chi connectivity index (χ0n) is 14.0. The molecule has 0 bridgehead atoms. The Morgan fingerprint density at radius 3 is 2.62 bits per heavy atom. The predicted molar refractivity (Wildman–Crippen MR) is 98.5 cm³/mol. The topological polar surface area (TPSA) is 23.6 Å². The molecule has 1 aliphatic heterocycles. The number of hydrogen-bond donors (Lipinski definition) is 0. The molecule has 2 aromatic rings. The monoisotopic (exact) mass is 342 g/mol. The quantitative estimate of drug-likeness (QED) is 0.845. The molecule has 2 aromatic carbocycles. The van der Waals surface area contributed by atoms with Crippen molar-refractivity contribution in [3.63, 3.8) is 0 Å². The highest BCUT2D eigenvalue weighted by atomic mass is 35.5. The van der Waals surface area contributed by atoms with E-state index in [4.69, 9.17) is 11.6 Å². The van der Waals surface area contributed by atoms with Crippen molar-refractivity contribution in [3.05, 3.63) is 70.7 Å². The summed E-state index contributed by atoms with van der Waals surface area (Å²) in [6, 6.07) is 18.1. The van der Waals surface area contributed by atoms with E-state index in [0.29, 0.717) is 16.6 Å². The Morgan fingerprint density at radius 2 is 1.92 bits per heavy atom. The SMILES string of the molecule is CC1CN(C(=O)c2cccc(Cl)c2)CCN1CCc1ccccc1. The van der Waals surface area contributed by atoms with Gasteiger partial charge in [-0.2, -0.15) is 0 Å². The van der Waals surface area contributed by atoms with Gasteiger partial charge in [0.1, 0.15) is 0 Å². The van der Waals surface area contributed by atoms with Gasteiger partial charge in [0.25, 0.3) is 5.91 Å². The molecule has 1 atom stereocenters. The second-order valence-electron chi connectivity index (χ2n) is 6.38. The number of nitrogens with zero attached hydrogens (tertiary/aromatic N) is 2. The van der Waals surface area contributed by atoms with Gasteiger partial charge in [-0.05, 0) is 37.1 Å². The number of hydrogen-bond acceptors (Lipinski definition) is 2. The molecular weight excluding hydrogens is 320 g/mol. The minimum Gasteiger partial charge on any atom is -0.336 e. The molecule has 1 fully saturated rings. The first kappa shape index (κ1) is 17.0. The molecule has 4 heteroatoms. The number of halogens is 1. The summed E-state index contributed by atoms with van der Waals surface area (Å²) < 4.78 is 0. The Balaban J connectivity index is 1.56. The average Bonchev–Trinajstić information content (AvgIpc) is 2.61. The van der Waals surface area contributed by atoms with Gasteiger partial charge in [-0.15, -0.1) is 0 Å². The van der Waals surface area contributed by atoms with Crippen molar-refractivity contribution in [1.82, 2.24) is 9.80 Å². The van der Waals surface area contributed by atoms with E-state index in [1.807, 2.05) is 23.1 Å². The third kappa shape index (κ3) is 4.16.